The second-order valence-electron chi connectivity index (χ2n) is 29.3. The Bertz CT molecular complexity index is 1530. The summed E-state index contributed by atoms with van der Waals surface area (Å²) in [6, 6.07) is 0. The normalized spacial score (nSPS) is 10.8. The minimum absolute atomic E-state index is 0. The SMILES string of the molecule is C.C.CCCC/C=C/CCCCCCCCCCCCCCC(=O)OCC[S-].CCCC/C=C/CCCCCCCCCCCCCCC(=O)OCC[S-].CCCC/C=C/CCCCCCCCCCCCCCC(=O)OCC[S-].CCCC/C=C/CCCCCCCCCCCCCCC(=O)OCC[S-].S.[Sn+2].[Sn+2]. The summed E-state index contributed by atoms with van der Waals surface area (Å²) >= 11 is 19.0. The van der Waals surface area contributed by atoms with Gasteiger partial charge in [0.15, 0.2) is 0 Å². The van der Waals surface area contributed by atoms with Gasteiger partial charge in [-0.05, 0) is 103 Å². The standard InChI is InChI=1S/4C23H44O2S.2CH4.H2S.2Sn/c4*1-2-3-4-5-6-7-8-9-10-11-12-13-14-15-16-17-18-19-20-23(24)25-21-22-26;;;;;/h4*5-6,26H,2-4,7-22H2,1H3;2*1H4;1H2;;/q;;;;;;;2*+2/p-4/b4*6-5+;;;;;. The van der Waals surface area contributed by atoms with Gasteiger partial charge < -0.3 is 69.5 Å². The smallest absolute Gasteiger partial charge is 0.789 e. The molecule has 0 aromatic rings. The Morgan fingerprint density at radius 2 is 0.312 bits per heavy atom. The maximum Gasteiger partial charge on any atom is 2.00 e. The average molecular weight is 1840 g/mol. The van der Waals surface area contributed by atoms with Crippen molar-refractivity contribution in [3.63, 3.8) is 0 Å². The first-order valence-corrected chi connectivity index (χ1v) is 47.1. The molecule has 0 saturated heterocycles. The van der Waals surface area contributed by atoms with Crippen molar-refractivity contribution in [1.82, 2.24) is 0 Å². The van der Waals surface area contributed by atoms with E-state index >= 15 is 0 Å². The zero-order valence-corrected chi connectivity index (χ0v) is 80.7. The van der Waals surface area contributed by atoms with Crippen LogP contribution in [0.3, 0.4) is 0 Å². The first-order valence-electron chi connectivity index (χ1n) is 44.8. The molecule has 15 heteroatoms. The van der Waals surface area contributed by atoms with Gasteiger partial charge >= 0.3 is 71.7 Å². The van der Waals surface area contributed by atoms with Gasteiger partial charge in [-0.15, -0.1) is 23.0 Å². The van der Waals surface area contributed by atoms with Gasteiger partial charge in [-0.25, -0.2) is 0 Å². The number of hydrogen-bond donors (Lipinski definition) is 0. The number of esters is 4. The quantitative estimate of drug-likeness (QED) is 0.0145. The predicted molar refractivity (Wildman–Crippen MR) is 501 cm³/mol. The molecule has 0 aliphatic rings. The summed E-state index contributed by atoms with van der Waals surface area (Å²) in [6.45, 7) is 10.6. The summed E-state index contributed by atoms with van der Waals surface area (Å²) in [6.07, 6.45) is 105. The van der Waals surface area contributed by atoms with E-state index < -0.39 is 0 Å². The van der Waals surface area contributed by atoms with Crippen LogP contribution in [-0.4, -0.2) is 121 Å². The number of unbranched alkanes of at least 4 members (excludes halogenated alkanes) is 56. The Labute approximate surface area is 744 Å². The molecule has 0 atom stereocenters. The van der Waals surface area contributed by atoms with Crippen molar-refractivity contribution in [2.75, 3.05) is 49.4 Å². The van der Waals surface area contributed by atoms with E-state index in [0.717, 1.165) is 51.4 Å². The van der Waals surface area contributed by atoms with Gasteiger partial charge in [-0.2, -0.15) is 13.5 Å². The molecule has 4 radical (unpaired) electrons. The van der Waals surface area contributed by atoms with Crippen LogP contribution in [0.15, 0.2) is 48.6 Å². The van der Waals surface area contributed by atoms with E-state index in [1.54, 1.807) is 0 Å². The van der Waals surface area contributed by atoms with Crippen molar-refractivity contribution in [2.24, 2.45) is 0 Å². The van der Waals surface area contributed by atoms with Gasteiger partial charge in [0.1, 0.15) is 0 Å². The Morgan fingerprint density at radius 3 is 0.431 bits per heavy atom. The molecule has 0 rings (SSSR count). The van der Waals surface area contributed by atoms with Crippen LogP contribution in [0, 0.1) is 0 Å². The third-order valence-electron chi connectivity index (χ3n) is 19.0. The summed E-state index contributed by atoms with van der Waals surface area (Å²) in [5, 5.41) is 0. The van der Waals surface area contributed by atoms with Crippen molar-refractivity contribution in [3.8, 4) is 0 Å². The van der Waals surface area contributed by atoms with Crippen LogP contribution in [0.25, 0.3) is 0 Å². The molecule has 0 bridgehead atoms. The third kappa shape index (κ3) is 132. The average Bonchev–Trinajstić information content (AvgIpc) is 2.78. The monoisotopic (exact) mass is 1840 g/mol. The van der Waals surface area contributed by atoms with Crippen molar-refractivity contribution in [3.05, 3.63) is 48.6 Å². The van der Waals surface area contributed by atoms with E-state index in [1.165, 1.54) is 360 Å². The van der Waals surface area contributed by atoms with E-state index in [1.807, 2.05) is 0 Å². The molecule has 0 saturated carbocycles. The van der Waals surface area contributed by atoms with E-state index in [2.05, 4.69) is 76.3 Å². The maximum atomic E-state index is 11.3. The Hall–Kier alpha value is 0.187. The van der Waals surface area contributed by atoms with Gasteiger partial charge in [0, 0.05) is 25.7 Å². The second kappa shape index (κ2) is 124. The van der Waals surface area contributed by atoms with Gasteiger partial charge in [-0.3, -0.25) is 19.2 Å². The molecule has 0 heterocycles. The van der Waals surface area contributed by atoms with Gasteiger partial charge in [0.25, 0.3) is 0 Å². The largest absolute Gasteiger partial charge is 2.00 e. The van der Waals surface area contributed by atoms with Crippen LogP contribution >= 0.6 is 13.5 Å². The molecule has 0 aromatic heterocycles. The number of ether oxygens (including phenoxy) is 4. The summed E-state index contributed by atoms with van der Waals surface area (Å²) < 4.78 is 19.9. The summed E-state index contributed by atoms with van der Waals surface area (Å²) in [5.41, 5.74) is 0. The molecule has 8 nitrogen and oxygen atoms in total. The first kappa shape index (κ1) is 127. The van der Waals surface area contributed by atoms with Crippen molar-refractivity contribution in [1.29, 1.82) is 0 Å². The second-order valence-corrected chi connectivity index (χ2v) is 30.9. The van der Waals surface area contributed by atoms with Crippen LogP contribution in [0.2, 0.25) is 0 Å². The Kier molecular flexibility index (Phi) is 145. The van der Waals surface area contributed by atoms with Crippen LogP contribution in [0.4, 0.5) is 0 Å². The molecule has 0 aromatic carbocycles. The number of carbonyl (C=O) groups excluding carboxylic acids is 4. The third-order valence-corrected chi connectivity index (χ3v) is 19.6. The molecule has 0 N–H and O–H groups in total. The van der Waals surface area contributed by atoms with Crippen LogP contribution in [0.5, 0.6) is 0 Å². The number of carbonyl (C=O) groups is 4. The van der Waals surface area contributed by atoms with Crippen molar-refractivity contribution in [2.45, 2.75) is 479 Å². The fraction of sp³-hybridized carbons (Fsp3) is 0.872. The Morgan fingerprint density at radius 1 is 0.202 bits per heavy atom. The van der Waals surface area contributed by atoms with E-state index in [9.17, 15) is 19.2 Å². The Balaban J connectivity index is -0.000000172. The molecular formula is C94H182O8S5Sn2. The predicted octanol–water partition coefficient (Wildman–Crippen LogP) is 29.8. The summed E-state index contributed by atoms with van der Waals surface area (Å²) in [5.74, 6) is 1.68. The molecule has 0 aliphatic carbocycles. The molecule has 0 aliphatic heterocycles. The molecular weight excluding hydrogens is 1650 g/mol. The van der Waals surface area contributed by atoms with E-state index in [0.29, 0.717) is 75.1 Å². The van der Waals surface area contributed by atoms with Crippen molar-refractivity contribution >= 4 is 136 Å². The molecule has 644 valence electrons. The summed E-state index contributed by atoms with van der Waals surface area (Å²) in [7, 11) is 0. The fourth-order valence-corrected chi connectivity index (χ4v) is 12.7. The zero-order valence-electron chi connectivity index (χ0n) is 70.8. The molecule has 0 fully saturated rings. The van der Waals surface area contributed by atoms with Crippen LogP contribution < -0.4 is 0 Å². The summed E-state index contributed by atoms with van der Waals surface area (Å²) in [4.78, 5) is 45.2. The number of allylic oxidation sites excluding steroid dienone is 8. The maximum absolute atomic E-state index is 11.3. The van der Waals surface area contributed by atoms with E-state index in [4.69, 9.17) is 69.5 Å². The van der Waals surface area contributed by atoms with E-state index in [-0.39, 0.29) is 100 Å². The van der Waals surface area contributed by atoms with Crippen LogP contribution in [-0.2, 0) is 88.6 Å². The van der Waals surface area contributed by atoms with Gasteiger partial charge in [-0.1, -0.05) is 399 Å². The molecule has 0 spiro atoms. The molecule has 0 amide bonds. The minimum Gasteiger partial charge on any atom is -0.789 e. The first-order chi connectivity index (χ1) is 51.2. The minimum atomic E-state index is -0.0811. The number of hydrogen-bond acceptors (Lipinski definition) is 12. The topological polar surface area (TPSA) is 105 Å². The molecule has 109 heavy (non-hydrogen) atoms. The van der Waals surface area contributed by atoms with Gasteiger partial charge in [0.2, 0.25) is 0 Å². The number of rotatable bonds is 80. The van der Waals surface area contributed by atoms with Crippen LogP contribution in [0.1, 0.15) is 479 Å². The fourth-order valence-electron chi connectivity index (χ4n) is 12.3. The van der Waals surface area contributed by atoms with Gasteiger partial charge in [0.05, 0.1) is 26.4 Å². The molecule has 0 unspecified atom stereocenters. The zero-order chi connectivity index (χ0) is 76.5. The van der Waals surface area contributed by atoms with Crippen molar-refractivity contribution < 1.29 is 38.1 Å².